The lowest BCUT2D eigenvalue weighted by Gasteiger charge is -2.40. The molecule has 0 radical (unpaired) electrons. The normalized spacial score (nSPS) is 14.6. The number of hydrogen-bond acceptors (Lipinski definition) is 3. The van der Waals surface area contributed by atoms with E-state index in [0.29, 0.717) is 44.8 Å². The Morgan fingerprint density at radius 2 is 1.05 bits per heavy atom. The first-order valence-corrected chi connectivity index (χ1v) is 12.7. The van der Waals surface area contributed by atoms with Gasteiger partial charge in [0.25, 0.3) is 5.91 Å². The minimum Gasteiger partial charge on any atom is -0.351 e. The van der Waals surface area contributed by atoms with Gasteiger partial charge in [-0.3, -0.25) is 9.69 Å². The van der Waals surface area contributed by atoms with Gasteiger partial charge in [0.05, 0.1) is 11.3 Å². The molecule has 4 rings (SSSR count). The second-order valence-corrected chi connectivity index (χ2v) is 10.1. The first kappa shape index (κ1) is 29.8. The number of halogens is 6. The third-order valence-electron chi connectivity index (χ3n) is 7.06. The van der Waals surface area contributed by atoms with Crippen LogP contribution in [0.1, 0.15) is 33.4 Å². The number of carbonyl (C=O) groups excluding carboxylic acids is 1. The van der Waals surface area contributed by atoms with Crippen molar-refractivity contribution in [3.63, 3.8) is 0 Å². The zero-order valence-corrected chi connectivity index (χ0v) is 23.3. The van der Waals surface area contributed by atoms with Crippen molar-refractivity contribution < 1.29 is 31.1 Å². The van der Waals surface area contributed by atoms with Gasteiger partial charge < -0.3 is 10.6 Å². The summed E-state index contributed by atoms with van der Waals surface area (Å²) in [5.41, 5.74) is -1.64. The van der Waals surface area contributed by atoms with Crippen molar-refractivity contribution >= 4 is 23.0 Å². The molecule has 0 spiro atoms. The summed E-state index contributed by atoms with van der Waals surface area (Å²) in [6.07, 6.45) is -11.0. The highest BCUT2D eigenvalue weighted by Gasteiger charge is 2.54. The van der Waals surface area contributed by atoms with Crippen molar-refractivity contribution in [2.24, 2.45) is 0 Å². The Labute approximate surface area is 234 Å². The smallest absolute Gasteiger partial charge is 0.351 e. The largest absolute Gasteiger partial charge is 0.431 e. The number of aryl methyl sites for hydroxylation is 6. The number of rotatable bonds is 6. The lowest BCUT2D eigenvalue weighted by molar-refractivity contribution is -0.122. The van der Waals surface area contributed by atoms with E-state index in [-0.39, 0.29) is 11.5 Å². The van der Waals surface area contributed by atoms with Crippen molar-refractivity contribution in [2.75, 3.05) is 15.5 Å². The number of benzene rings is 3. The maximum Gasteiger partial charge on any atom is 0.431 e. The Kier molecular flexibility index (Phi) is 7.73. The van der Waals surface area contributed by atoms with Gasteiger partial charge in [-0.25, -0.2) is 0 Å². The fourth-order valence-corrected chi connectivity index (χ4v) is 5.04. The van der Waals surface area contributed by atoms with E-state index < -0.39 is 35.1 Å². The molecule has 41 heavy (non-hydrogen) atoms. The number of nitrogens with one attached hydrogen (secondary N) is 2. The first-order chi connectivity index (χ1) is 19.0. The molecule has 0 unspecified atom stereocenters. The highest BCUT2D eigenvalue weighted by atomic mass is 19.4. The van der Waals surface area contributed by atoms with Gasteiger partial charge in [0, 0.05) is 11.4 Å². The molecule has 10 heteroatoms. The molecule has 3 aromatic carbocycles. The summed E-state index contributed by atoms with van der Waals surface area (Å²) in [4.78, 5) is 14.7. The van der Waals surface area contributed by atoms with Crippen molar-refractivity contribution in [3.8, 4) is 0 Å². The minimum atomic E-state index is -5.54. The molecule has 0 fully saturated rings. The summed E-state index contributed by atoms with van der Waals surface area (Å²) in [5.74, 6) is -1.59. The van der Waals surface area contributed by atoms with Gasteiger partial charge in [-0.05, 0) is 74.9 Å². The fraction of sp³-hybridized carbons (Fsp3) is 0.258. The summed E-state index contributed by atoms with van der Waals surface area (Å²) < 4.78 is 88.0. The van der Waals surface area contributed by atoms with E-state index in [2.05, 4.69) is 5.32 Å². The predicted molar refractivity (Wildman–Crippen MR) is 149 cm³/mol. The SMILES string of the molecule is Cc1cccc(C)c1NC1=C(/C(=C(\Nc2c(C)cccc2C)C(F)(F)F)C(F)(F)F)C(=O)N1c1c(C)cccc1C. The first-order valence-electron chi connectivity index (χ1n) is 12.7. The van der Waals surface area contributed by atoms with Crippen LogP contribution < -0.4 is 15.5 Å². The average molecular weight is 574 g/mol. The molecule has 0 saturated heterocycles. The Bertz CT molecular complexity index is 1540. The highest BCUT2D eigenvalue weighted by Crippen LogP contribution is 2.48. The van der Waals surface area contributed by atoms with Crippen LogP contribution in [0.5, 0.6) is 0 Å². The lowest BCUT2D eigenvalue weighted by atomic mass is 9.92. The van der Waals surface area contributed by atoms with E-state index >= 15 is 0 Å². The summed E-state index contributed by atoms with van der Waals surface area (Å²) >= 11 is 0. The van der Waals surface area contributed by atoms with E-state index in [4.69, 9.17) is 0 Å². The molecule has 3 aromatic rings. The number of para-hydroxylation sites is 3. The monoisotopic (exact) mass is 573 g/mol. The molecule has 1 amide bonds. The third kappa shape index (κ3) is 5.55. The molecule has 0 aliphatic carbocycles. The third-order valence-corrected chi connectivity index (χ3v) is 7.06. The van der Waals surface area contributed by atoms with Gasteiger partial charge in [-0.15, -0.1) is 0 Å². The van der Waals surface area contributed by atoms with Crippen molar-refractivity contribution in [2.45, 2.75) is 53.9 Å². The van der Waals surface area contributed by atoms with Gasteiger partial charge in [-0.2, -0.15) is 26.3 Å². The number of nitrogens with zero attached hydrogens (tertiary/aromatic N) is 1. The molecule has 216 valence electrons. The van der Waals surface area contributed by atoms with Gasteiger partial charge in [-0.1, -0.05) is 54.6 Å². The summed E-state index contributed by atoms with van der Waals surface area (Å²) in [7, 11) is 0. The second kappa shape index (κ2) is 10.6. The van der Waals surface area contributed by atoms with E-state index in [1.807, 2.05) is 5.32 Å². The van der Waals surface area contributed by atoms with Crippen molar-refractivity contribution in [1.82, 2.24) is 0 Å². The molecular weight excluding hydrogens is 544 g/mol. The van der Waals surface area contributed by atoms with E-state index in [1.54, 1.807) is 70.2 Å². The molecule has 1 aliphatic heterocycles. The number of alkyl halides is 6. The van der Waals surface area contributed by atoms with Crippen LogP contribution in [0.15, 0.2) is 77.3 Å². The highest BCUT2D eigenvalue weighted by molar-refractivity contribution is 6.20. The van der Waals surface area contributed by atoms with Gasteiger partial charge in [0.15, 0.2) is 0 Å². The van der Waals surface area contributed by atoms with Crippen LogP contribution in [0.25, 0.3) is 0 Å². The number of carbonyl (C=O) groups is 1. The molecule has 0 aromatic heterocycles. The minimum absolute atomic E-state index is 0.121. The zero-order chi connectivity index (χ0) is 30.4. The van der Waals surface area contributed by atoms with Crippen LogP contribution >= 0.6 is 0 Å². The standard InChI is InChI=1S/C31H29F6N3O/c1-16-10-7-11-17(2)24(16)38-27(31(35,36)37)23(30(32,33)34)22-28(39-25-18(3)12-8-13-19(25)4)40(29(22)41)26-20(5)14-9-15-21(26)6/h7-15,38-39H,1-6H3/b27-23+. The number of allylic oxidation sites excluding steroid dienone is 1. The van der Waals surface area contributed by atoms with Crippen molar-refractivity contribution in [1.29, 1.82) is 0 Å². The molecule has 1 aliphatic rings. The molecule has 0 saturated carbocycles. The molecule has 2 N–H and O–H groups in total. The van der Waals surface area contributed by atoms with Gasteiger partial charge in [0.2, 0.25) is 0 Å². The van der Waals surface area contributed by atoms with Crippen LogP contribution in [0, 0.1) is 41.5 Å². The van der Waals surface area contributed by atoms with Crippen LogP contribution in [-0.4, -0.2) is 18.3 Å². The summed E-state index contributed by atoms with van der Waals surface area (Å²) in [5, 5.41) is 4.92. The molecule has 4 nitrogen and oxygen atoms in total. The molecule has 0 bridgehead atoms. The Morgan fingerprint density at radius 3 is 1.46 bits per heavy atom. The van der Waals surface area contributed by atoms with Gasteiger partial charge >= 0.3 is 12.4 Å². The molecule has 0 atom stereocenters. The van der Waals surface area contributed by atoms with E-state index in [0.717, 1.165) is 4.90 Å². The topological polar surface area (TPSA) is 44.4 Å². The maximum atomic E-state index is 14.8. The number of amides is 1. The van der Waals surface area contributed by atoms with Crippen molar-refractivity contribution in [3.05, 3.63) is 111 Å². The zero-order valence-electron chi connectivity index (χ0n) is 23.3. The molecule has 1 heterocycles. The van der Waals surface area contributed by atoms with Crippen LogP contribution in [0.3, 0.4) is 0 Å². The second-order valence-electron chi connectivity index (χ2n) is 10.1. The Hall–Kier alpha value is -4.21. The number of hydrogen-bond donors (Lipinski definition) is 2. The summed E-state index contributed by atoms with van der Waals surface area (Å²) in [6, 6.07) is 14.8. The van der Waals surface area contributed by atoms with Crippen LogP contribution in [0.2, 0.25) is 0 Å². The number of anilines is 3. The van der Waals surface area contributed by atoms with Crippen LogP contribution in [0.4, 0.5) is 43.4 Å². The maximum absolute atomic E-state index is 14.8. The average Bonchev–Trinajstić information content (AvgIpc) is 2.84. The van der Waals surface area contributed by atoms with E-state index in [1.165, 1.54) is 26.0 Å². The summed E-state index contributed by atoms with van der Waals surface area (Å²) in [6.45, 7) is 9.75. The quantitative estimate of drug-likeness (QED) is 0.290. The van der Waals surface area contributed by atoms with E-state index in [9.17, 15) is 31.1 Å². The lowest BCUT2D eigenvalue weighted by Crippen LogP contribution is -2.49. The predicted octanol–water partition coefficient (Wildman–Crippen LogP) is 8.70. The fourth-order valence-electron chi connectivity index (χ4n) is 5.04. The Morgan fingerprint density at radius 1 is 0.634 bits per heavy atom. The van der Waals surface area contributed by atoms with Gasteiger partial charge in [0.1, 0.15) is 17.1 Å². The Balaban J connectivity index is 2.08. The van der Waals surface area contributed by atoms with Crippen LogP contribution in [-0.2, 0) is 4.79 Å². The molecular formula is C31H29F6N3O.